The van der Waals surface area contributed by atoms with E-state index in [0.29, 0.717) is 11.3 Å². The molecular formula is C14H14N2O3. The lowest BCUT2D eigenvalue weighted by atomic mass is 10.2. The van der Waals surface area contributed by atoms with E-state index in [4.69, 9.17) is 4.74 Å². The second-order valence-electron chi connectivity index (χ2n) is 4.06. The number of ether oxygens (including phenoxy) is 1. The maximum Gasteiger partial charge on any atom is 0.314 e. The number of benzene rings is 2. The van der Waals surface area contributed by atoms with Crippen molar-refractivity contribution in [3.05, 3.63) is 58.1 Å². The van der Waals surface area contributed by atoms with Gasteiger partial charge in [-0.1, -0.05) is 12.1 Å². The molecule has 2 rings (SSSR count). The highest BCUT2D eigenvalue weighted by molar-refractivity contribution is 5.54. The van der Waals surface area contributed by atoms with Gasteiger partial charge in [0.2, 0.25) is 5.75 Å². The summed E-state index contributed by atoms with van der Waals surface area (Å²) in [5, 5.41) is 14.0. The van der Waals surface area contributed by atoms with Gasteiger partial charge in [-0.3, -0.25) is 10.1 Å². The zero-order chi connectivity index (χ0) is 13.8. The predicted octanol–water partition coefficient (Wildman–Crippen LogP) is 3.74. The highest BCUT2D eigenvalue weighted by Crippen LogP contribution is 2.34. The maximum absolute atomic E-state index is 11.0. The Bertz CT molecular complexity index is 594. The van der Waals surface area contributed by atoms with Crippen LogP contribution in [0.4, 0.5) is 11.4 Å². The van der Waals surface area contributed by atoms with Crippen molar-refractivity contribution in [3.63, 3.8) is 0 Å². The first-order valence-corrected chi connectivity index (χ1v) is 5.81. The smallest absolute Gasteiger partial charge is 0.314 e. The summed E-state index contributed by atoms with van der Waals surface area (Å²) in [6, 6.07) is 12.2. The van der Waals surface area contributed by atoms with Crippen molar-refractivity contribution in [2.75, 3.05) is 12.4 Å². The SMILES string of the molecule is CNc1ccc(Oc2cccc(C)c2[N+](=O)[O-])cc1. The van der Waals surface area contributed by atoms with E-state index >= 15 is 0 Å². The van der Waals surface area contributed by atoms with Crippen LogP contribution < -0.4 is 10.1 Å². The molecule has 2 aromatic carbocycles. The molecule has 0 aromatic heterocycles. The lowest BCUT2D eigenvalue weighted by molar-refractivity contribution is -0.386. The van der Waals surface area contributed by atoms with Crippen molar-refractivity contribution in [1.29, 1.82) is 0 Å². The number of aryl methyl sites for hydroxylation is 1. The molecule has 0 aliphatic carbocycles. The maximum atomic E-state index is 11.0. The minimum Gasteiger partial charge on any atom is -0.450 e. The van der Waals surface area contributed by atoms with Gasteiger partial charge in [-0.2, -0.15) is 0 Å². The number of nitrogens with one attached hydrogen (secondary N) is 1. The van der Waals surface area contributed by atoms with E-state index in [0.717, 1.165) is 5.69 Å². The first kappa shape index (κ1) is 12.9. The second kappa shape index (κ2) is 5.39. The van der Waals surface area contributed by atoms with Gasteiger partial charge < -0.3 is 10.1 Å². The molecule has 0 heterocycles. The first-order valence-electron chi connectivity index (χ1n) is 5.81. The Kier molecular flexibility index (Phi) is 3.66. The molecule has 0 radical (unpaired) electrons. The molecule has 0 amide bonds. The van der Waals surface area contributed by atoms with Crippen LogP contribution in [0.15, 0.2) is 42.5 Å². The summed E-state index contributed by atoms with van der Waals surface area (Å²) in [6.45, 7) is 1.69. The van der Waals surface area contributed by atoms with Crippen molar-refractivity contribution in [3.8, 4) is 11.5 Å². The average molecular weight is 258 g/mol. The second-order valence-corrected chi connectivity index (χ2v) is 4.06. The Hall–Kier alpha value is -2.56. The summed E-state index contributed by atoms with van der Waals surface area (Å²) >= 11 is 0. The van der Waals surface area contributed by atoms with Gasteiger partial charge in [0, 0.05) is 18.3 Å². The van der Waals surface area contributed by atoms with Gasteiger partial charge in [0.1, 0.15) is 5.75 Å². The largest absolute Gasteiger partial charge is 0.450 e. The number of nitro groups is 1. The van der Waals surface area contributed by atoms with E-state index < -0.39 is 4.92 Å². The number of hydrogen-bond donors (Lipinski definition) is 1. The third kappa shape index (κ3) is 2.82. The molecule has 0 unspecified atom stereocenters. The van der Waals surface area contributed by atoms with Crippen molar-refractivity contribution < 1.29 is 9.66 Å². The van der Waals surface area contributed by atoms with Crippen LogP contribution in [0.5, 0.6) is 11.5 Å². The molecular weight excluding hydrogens is 244 g/mol. The fourth-order valence-corrected chi connectivity index (χ4v) is 1.76. The van der Waals surface area contributed by atoms with E-state index in [1.807, 2.05) is 19.2 Å². The molecule has 0 aliphatic rings. The molecule has 5 heteroatoms. The van der Waals surface area contributed by atoms with E-state index in [1.54, 1.807) is 37.3 Å². The van der Waals surface area contributed by atoms with Crippen LogP contribution in [-0.2, 0) is 0 Å². The number of anilines is 1. The van der Waals surface area contributed by atoms with Crippen molar-refractivity contribution in [2.45, 2.75) is 6.92 Å². The molecule has 0 bridgehead atoms. The van der Waals surface area contributed by atoms with E-state index in [2.05, 4.69) is 5.32 Å². The van der Waals surface area contributed by atoms with Crippen molar-refractivity contribution >= 4 is 11.4 Å². The monoisotopic (exact) mass is 258 g/mol. The number of hydrogen-bond acceptors (Lipinski definition) is 4. The first-order chi connectivity index (χ1) is 9.11. The fraction of sp³-hybridized carbons (Fsp3) is 0.143. The predicted molar refractivity (Wildman–Crippen MR) is 73.9 cm³/mol. The average Bonchev–Trinajstić information content (AvgIpc) is 2.39. The molecule has 0 spiro atoms. The highest BCUT2D eigenvalue weighted by Gasteiger charge is 2.18. The van der Waals surface area contributed by atoms with Crippen LogP contribution in [-0.4, -0.2) is 12.0 Å². The van der Waals surface area contributed by atoms with Gasteiger partial charge in [0.15, 0.2) is 0 Å². The van der Waals surface area contributed by atoms with Gasteiger partial charge in [0.05, 0.1) is 4.92 Å². The normalized spacial score (nSPS) is 10.0. The van der Waals surface area contributed by atoms with E-state index in [9.17, 15) is 10.1 Å². The molecule has 5 nitrogen and oxygen atoms in total. The van der Waals surface area contributed by atoms with E-state index in [-0.39, 0.29) is 11.4 Å². The minimum atomic E-state index is -0.424. The molecule has 98 valence electrons. The highest BCUT2D eigenvalue weighted by atomic mass is 16.6. The Labute approximate surface area is 111 Å². The Balaban J connectivity index is 2.32. The van der Waals surface area contributed by atoms with E-state index in [1.165, 1.54) is 0 Å². The van der Waals surface area contributed by atoms with Crippen LogP contribution in [0.3, 0.4) is 0 Å². The molecule has 0 saturated carbocycles. The number of para-hydroxylation sites is 1. The van der Waals surface area contributed by atoms with Crippen LogP contribution in [0.25, 0.3) is 0 Å². The van der Waals surface area contributed by atoms with Crippen molar-refractivity contribution in [1.82, 2.24) is 0 Å². The molecule has 0 saturated heterocycles. The van der Waals surface area contributed by atoms with Gasteiger partial charge >= 0.3 is 5.69 Å². The number of nitro benzene ring substituents is 1. The summed E-state index contributed by atoms with van der Waals surface area (Å²) in [7, 11) is 1.82. The van der Waals surface area contributed by atoms with Gasteiger partial charge in [0.25, 0.3) is 0 Å². The lowest BCUT2D eigenvalue weighted by Crippen LogP contribution is -1.96. The standard InChI is InChI=1S/C14H14N2O3/c1-10-4-3-5-13(14(10)16(17)18)19-12-8-6-11(15-2)7-9-12/h3-9,15H,1-2H3. The summed E-state index contributed by atoms with van der Waals surface area (Å²) in [6.07, 6.45) is 0. The minimum absolute atomic E-state index is 0.000179. The molecule has 0 fully saturated rings. The van der Waals surface area contributed by atoms with Gasteiger partial charge in [-0.25, -0.2) is 0 Å². The van der Waals surface area contributed by atoms with Crippen LogP contribution >= 0.6 is 0 Å². The molecule has 2 aromatic rings. The summed E-state index contributed by atoms with van der Waals surface area (Å²) in [5.74, 6) is 0.815. The molecule has 1 N–H and O–H groups in total. The topological polar surface area (TPSA) is 64.4 Å². The molecule has 0 atom stereocenters. The van der Waals surface area contributed by atoms with Crippen molar-refractivity contribution in [2.24, 2.45) is 0 Å². The number of rotatable bonds is 4. The zero-order valence-electron chi connectivity index (χ0n) is 10.7. The third-order valence-corrected chi connectivity index (χ3v) is 2.75. The van der Waals surface area contributed by atoms with Gasteiger partial charge in [-0.15, -0.1) is 0 Å². The number of nitrogens with zero attached hydrogens (tertiary/aromatic N) is 1. The summed E-state index contributed by atoms with van der Waals surface area (Å²) < 4.78 is 5.58. The third-order valence-electron chi connectivity index (χ3n) is 2.75. The van der Waals surface area contributed by atoms with Crippen LogP contribution in [0.2, 0.25) is 0 Å². The zero-order valence-corrected chi connectivity index (χ0v) is 10.7. The van der Waals surface area contributed by atoms with Crippen LogP contribution in [0.1, 0.15) is 5.56 Å². The van der Waals surface area contributed by atoms with Gasteiger partial charge in [-0.05, 0) is 37.3 Å². The Morgan fingerprint density at radius 3 is 2.42 bits per heavy atom. The summed E-state index contributed by atoms with van der Waals surface area (Å²) in [5.41, 5.74) is 1.53. The van der Waals surface area contributed by atoms with Crippen LogP contribution in [0, 0.1) is 17.0 Å². The molecule has 19 heavy (non-hydrogen) atoms. The quantitative estimate of drug-likeness (QED) is 0.670. The Morgan fingerprint density at radius 2 is 1.84 bits per heavy atom. The fourth-order valence-electron chi connectivity index (χ4n) is 1.76. The Morgan fingerprint density at radius 1 is 1.16 bits per heavy atom. The molecule has 0 aliphatic heterocycles. The summed E-state index contributed by atoms with van der Waals surface area (Å²) in [4.78, 5) is 10.6. The lowest BCUT2D eigenvalue weighted by Gasteiger charge is -2.08.